The first kappa shape index (κ1) is 29.0. The molecule has 0 aliphatic carbocycles. The van der Waals surface area contributed by atoms with Crippen molar-refractivity contribution in [2.24, 2.45) is 10.9 Å². The molecule has 14 nitrogen and oxygen atoms in total. The number of carbonyl (C=O) groups is 1. The molecular weight excluding hydrogens is 566 g/mol. The van der Waals surface area contributed by atoms with E-state index in [1.54, 1.807) is 48.7 Å². The van der Waals surface area contributed by atoms with Gasteiger partial charge in [0.1, 0.15) is 48.5 Å². The molecule has 42 heavy (non-hydrogen) atoms. The van der Waals surface area contributed by atoms with Gasteiger partial charge < -0.3 is 35.7 Å². The number of benzene rings is 2. The number of hydrogen-bond donors (Lipinski definition) is 6. The van der Waals surface area contributed by atoms with Gasteiger partial charge in [0.2, 0.25) is 5.91 Å². The average molecular weight is 594 g/mol. The van der Waals surface area contributed by atoms with Crippen molar-refractivity contribution >= 4 is 33.0 Å². The highest BCUT2D eigenvalue weighted by Crippen LogP contribution is 2.34. The lowest BCUT2D eigenvalue weighted by atomic mass is 10.1. The summed E-state index contributed by atoms with van der Waals surface area (Å²) in [6.07, 6.45) is -2.23. The van der Waals surface area contributed by atoms with Crippen LogP contribution in [0.3, 0.4) is 0 Å². The molecular formula is C27H27N7O7S. The second-order valence-electron chi connectivity index (χ2n) is 9.47. The molecule has 1 fully saturated rings. The molecule has 3 heterocycles. The number of fused-ring (bicyclic) bond motifs is 1. The summed E-state index contributed by atoms with van der Waals surface area (Å²) in [6.45, 7) is -0.107. The fourth-order valence-corrected chi connectivity index (χ4v) is 4.87. The number of anilines is 1. The third-order valence-corrected chi connectivity index (χ3v) is 7.12. The van der Waals surface area contributed by atoms with Crippen LogP contribution >= 0.6 is 0 Å². The zero-order chi connectivity index (χ0) is 30.0. The second kappa shape index (κ2) is 11.7. The Morgan fingerprint density at radius 2 is 1.88 bits per heavy atom. The Balaban J connectivity index is 1.35. The molecule has 15 heteroatoms. The fourth-order valence-electron chi connectivity index (χ4n) is 4.48. The first-order valence-electron chi connectivity index (χ1n) is 12.5. The summed E-state index contributed by atoms with van der Waals surface area (Å²) in [5, 5.41) is 26.5. The Bertz CT molecular complexity index is 1800. The Hall–Kier alpha value is -4.56. The van der Waals surface area contributed by atoms with Crippen LogP contribution in [0.25, 0.3) is 11.0 Å². The average Bonchev–Trinajstić information content (AvgIpc) is 3.47. The van der Waals surface area contributed by atoms with E-state index in [4.69, 9.17) is 26.1 Å². The molecule has 1 saturated heterocycles. The topological polar surface area (TPSA) is 231 Å². The minimum absolute atomic E-state index is 0.146. The van der Waals surface area contributed by atoms with Crippen molar-refractivity contribution in [1.82, 2.24) is 19.3 Å². The minimum Gasteiger partial charge on any atom is -0.489 e. The van der Waals surface area contributed by atoms with Crippen LogP contribution in [-0.2, 0) is 21.6 Å². The van der Waals surface area contributed by atoms with Gasteiger partial charge in [0, 0.05) is 23.9 Å². The molecule has 218 valence electrons. The normalized spacial score (nSPS) is 20.3. The van der Waals surface area contributed by atoms with Crippen LogP contribution in [0.15, 0.2) is 61.1 Å². The maximum atomic E-state index is 11.4. The van der Waals surface area contributed by atoms with Crippen molar-refractivity contribution in [3.05, 3.63) is 83.3 Å². The smallest absolute Gasteiger partial charge is 0.274 e. The number of hydrogen-bond acceptors (Lipinski definition) is 10. The Kier molecular flexibility index (Phi) is 8.09. The highest BCUT2D eigenvalue weighted by atomic mass is 32.2. The number of aliphatic hydroxyl groups excluding tert-OH is 2. The van der Waals surface area contributed by atoms with Crippen LogP contribution in [0.4, 0.5) is 5.82 Å². The number of amides is 1. The number of aliphatic hydroxyl groups is 2. The molecule has 1 aliphatic heterocycles. The van der Waals surface area contributed by atoms with E-state index < -0.39 is 40.7 Å². The van der Waals surface area contributed by atoms with Crippen molar-refractivity contribution in [3.63, 3.8) is 0 Å². The van der Waals surface area contributed by atoms with Crippen molar-refractivity contribution in [2.45, 2.75) is 31.1 Å². The molecule has 0 bridgehead atoms. The summed E-state index contributed by atoms with van der Waals surface area (Å²) in [7, 11) is -4.04. The van der Waals surface area contributed by atoms with Crippen LogP contribution in [-0.4, -0.2) is 63.9 Å². The van der Waals surface area contributed by atoms with E-state index in [0.29, 0.717) is 33.5 Å². The SMILES string of the molecule is NC(=O)c1cccc(COc2ccc(C#Cc3cn([C@@H]4O[C@H](CNS(N)(=O)=O)[C@@H](O)[C@H]4O)c4ncnc(N)c34)cc2)c1. The van der Waals surface area contributed by atoms with Gasteiger partial charge in [0.25, 0.3) is 10.2 Å². The molecule has 9 N–H and O–H groups in total. The maximum absolute atomic E-state index is 11.4. The van der Waals surface area contributed by atoms with Crippen LogP contribution in [0.5, 0.6) is 5.75 Å². The van der Waals surface area contributed by atoms with Gasteiger partial charge >= 0.3 is 0 Å². The largest absolute Gasteiger partial charge is 0.489 e. The predicted octanol–water partition coefficient (Wildman–Crippen LogP) is -0.496. The third-order valence-electron chi connectivity index (χ3n) is 6.55. The van der Waals surface area contributed by atoms with E-state index in [9.17, 15) is 23.4 Å². The molecule has 1 amide bonds. The maximum Gasteiger partial charge on any atom is 0.274 e. The first-order chi connectivity index (χ1) is 20.0. The number of nitrogens with zero attached hydrogens (tertiary/aromatic N) is 3. The highest BCUT2D eigenvalue weighted by molar-refractivity contribution is 7.87. The zero-order valence-electron chi connectivity index (χ0n) is 21.9. The number of rotatable bonds is 8. The fraction of sp³-hybridized carbons (Fsp3) is 0.222. The van der Waals surface area contributed by atoms with E-state index in [0.717, 1.165) is 5.56 Å². The van der Waals surface area contributed by atoms with Gasteiger partial charge in [0.05, 0.1) is 10.9 Å². The van der Waals surface area contributed by atoms with E-state index in [1.165, 1.54) is 10.9 Å². The number of aromatic nitrogens is 3. The van der Waals surface area contributed by atoms with Crippen LogP contribution < -0.4 is 26.1 Å². The van der Waals surface area contributed by atoms with Crippen molar-refractivity contribution in [3.8, 4) is 17.6 Å². The molecule has 0 radical (unpaired) electrons. The van der Waals surface area contributed by atoms with E-state index in [1.807, 2.05) is 6.07 Å². The molecule has 4 atom stereocenters. The molecule has 2 aromatic heterocycles. The van der Waals surface area contributed by atoms with Gasteiger partial charge in [-0.2, -0.15) is 13.1 Å². The Labute approximate surface area is 240 Å². The van der Waals surface area contributed by atoms with Gasteiger partial charge in [0.15, 0.2) is 6.23 Å². The Morgan fingerprint density at radius 3 is 2.60 bits per heavy atom. The van der Waals surface area contributed by atoms with Crippen LogP contribution in [0, 0.1) is 11.8 Å². The van der Waals surface area contributed by atoms with Gasteiger partial charge in [-0.05, 0) is 42.0 Å². The molecule has 0 saturated carbocycles. The Morgan fingerprint density at radius 1 is 1.12 bits per heavy atom. The van der Waals surface area contributed by atoms with Gasteiger partial charge in [-0.3, -0.25) is 4.79 Å². The van der Waals surface area contributed by atoms with Gasteiger partial charge in [-0.15, -0.1) is 0 Å². The van der Waals surface area contributed by atoms with Crippen LogP contribution in [0.1, 0.15) is 33.3 Å². The van der Waals surface area contributed by atoms with Crippen molar-refractivity contribution < 1.29 is 32.9 Å². The first-order valence-corrected chi connectivity index (χ1v) is 14.1. The zero-order valence-corrected chi connectivity index (χ0v) is 22.7. The summed E-state index contributed by atoms with van der Waals surface area (Å²) in [6, 6.07) is 13.9. The van der Waals surface area contributed by atoms with Gasteiger partial charge in [-0.25, -0.2) is 15.1 Å². The molecule has 1 aliphatic rings. The van der Waals surface area contributed by atoms with E-state index in [-0.39, 0.29) is 19.0 Å². The number of nitrogen functional groups attached to an aromatic ring is 1. The molecule has 2 aromatic carbocycles. The standard InChI is InChI=1S/C27H27N7O7S/c28-24-21-18(7-4-15-5-8-19(9-6-15)40-13-16-2-1-3-17(10-16)25(29)37)12-34(26(21)32-14-31-24)27-23(36)22(35)20(41-27)11-33-42(30,38)39/h1-3,5-6,8-10,12,14,20,22-23,27,33,35-36H,11,13H2,(H2,29,37)(H2,28,31,32)(H2,30,38,39)/t20-,22-,23-,27-/m1/s1. The summed E-state index contributed by atoms with van der Waals surface area (Å²) in [4.78, 5) is 19.7. The lowest BCUT2D eigenvalue weighted by Gasteiger charge is -2.17. The lowest BCUT2D eigenvalue weighted by Crippen LogP contribution is -2.42. The predicted molar refractivity (Wildman–Crippen MR) is 151 cm³/mol. The van der Waals surface area contributed by atoms with Crippen LogP contribution in [0.2, 0.25) is 0 Å². The summed E-state index contributed by atoms with van der Waals surface area (Å²) in [5.74, 6) is 6.32. The number of nitrogens with one attached hydrogen (secondary N) is 1. The van der Waals surface area contributed by atoms with Crippen molar-refractivity contribution in [1.29, 1.82) is 0 Å². The minimum atomic E-state index is -4.04. The van der Waals surface area contributed by atoms with Gasteiger partial charge in [-0.1, -0.05) is 24.0 Å². The molecule has 0 unspecified atom stereocenters. The van der Waals surface area contributed by atoms with E-state index >= 15 is 0 Å². The number of ether oxygens (including phenoxy) is 2. The second-order valence-corrected chi connectivity index (χ2v) is 10.9. The number of nitrogens with two attached hydrogens (primary N) is 3. The summed E-state index contributed by atoms with van der Waals surface area (Å²) in [5.41, 5.74) is 14.1. The van der Waals surface area contributed by atoms with E-state index in [2.05, 4.69) is 26.5 Å². The molecule has 4 aromatic rings. The summed E-state index contributed by atoms with van der Waals surface area (Å²) >= 11 is 0. The monoisotopic (exact) mass is 593 g/mol. The summed E-state index contributed by atoms with van der Waals surface area (Å²) < 4.78 is 37.6. The highest BCUT2D eigenvalue weighted by Gasteiger charge is 2.44. The lowest BCUT2D eigenvalue weighted by molar-refractivity contribution is -0.0327. The number of carbonyl (C=O) groups excluding carboxylic acids is 1. The number of primary amides is 1. The quantitative estimate of drug-likeness (QED) is 0.143. The van der Waals surface area contributed by atoms with Crippen molar-refractivity contribution in [2.75, 3.05) is 12.3 Å². The molecule has 5 rings (SSSR count). The third kappa shape index (κ3) is 6.34. The molecule has 0 spiro atoms.